The first-order valence-corrected chi connectivity index (χ1v) is 6.78. The SMILES string of the molecule is Cc1cncc(C(=O)Nc2cccc3c2CCNC3)c1. The van der Waals surface area contributed by atoms with E-state index in [1.54, 1.807) is 12.4 Å². The van der Waals surface area contributed by atoms with E-state index >= 15 is 0 Å². The average Bonchev–Trinajstić information content (AvgIpc) is 2.47. The van der Waals surface area contributed by atoms with Crippen LogP contribution < -0.4 is 10.6 Å². The van der Waals surface area contributed by atoms with Crippen molar-refractivity contribution in [2.45, 2.75) is 19.9 Å². The summed E-state index contributed by atoms with van der Waals surface area (Å²) in [4.78, 5) is 16.3. The second kappa shape index (κ2) is 5.43. The molecule has 0 radical (unpaired) electrons. The fraction of sp³-hybridized carbons (Fsp3) is 0.250. The zero-order valence-electron chi connectivity index (χ0n) is 11.4. The Morgan fingerprint density at radius 1 is 1.35 bits per heavy atom. The van der Waals surface area contributed by atoms with Crippen molar-refractivity contribution in [1.29, 1.82) is 0 Å². The molecular weight excluding hydrogens is 250 g/mol. The lowest BCUT2D eigenvalue weighted by molar-refractivity contribution is 0.102. The van der Waals surface area contributed by atoms with Crippen molar-refractivity contribution in [1.82, 2.24) is 10.3 Å². The summed E-state index contributed by atoms with van der Waals surface area (Å²) in [5.41, 5.74) is 4.99. The number of aryl methyl sites for hydroxylation is 1. The van der Waals surface area contributed by atoms with Crippen LogP contribution in [0.3, 0.4) is 0 Å². The molecule has 0 saturated heterocycles. The molecule has 2 N–H and O–H groups in total. The van der Waals surface area contributed by atoms with E-state index in [0.717, 1.165) is 30.8 Å². The lowest BCUT2D eigenvalue weighted by Gasteiger charge is -2.20. The number of pyridine rings is 1. The minimum atomic E-state index is -0.104. The van der Waals surface area contributed by atoms with E-state index in [-0.39, 0.29) is 5.91 Å². The monoisotopic (exact) mass is 267 g/mol. The maximum Gasteiger partial charge on any atom is 0.257 e. The Hall–Kier alpha value is -2.20. The molecular formula is C16H17N3O. The molecule has 0 bridgehead atoms. The van der Waals surface area contributed by atoms with Crippen LogP contribution in [0.15, 0.2) is 36.7 Å². The van der Waals surface area contributed by atoms with Gasteiger partial charge in [0.2, 0.25) is 0 Å². The zero-order valence-corrected chi connectivity index (χ0v) is 11.4. The molecule has 1 aromatic carbocycles. The first-order valence-electron chi connectivity index (χ1n) is 6.78. The Kier molecular flexibility index (Phi) is 3.48. The fourth-order valence-corrected chi connectivity index (χ4v) is 2.52. The largest absolute Gasteiger partial charge is 0.322 e. The highest BCUT2D eigenvalue weighted by Crippen LogP contribution is 2.23. The predicted octanol–water partition coefficient (Wildman–Crippen LogP) is 2.29. The van der Waals surface area contributed by atoms with Crippen LogP contribution in [-0.2, 0) is 13.0 Å². The van der Waals surface area contributed by atoms with Crippen LogP contribution in [-0.4, -0.2) is 17.4 Å². The van der Waals surface area contributed by atoms with E-state index in [2.05, 4.69) is 21.7 Å². The molecule has 2 aromatic rings. The maximum absolute atomic E-state index is 12.3. The molecule has 1 aliphatic heterocycles. The molecule has 0 unspecified atom stereocenters. The molecule has 0 aliphatic carbocycles. The summed E-state index contributed by atoms with van der Waals surface area (Å²) in [5, 5.41) is 6.34. The third-order valence-electron chi connectivity index (χ3n) is 3.53. The van der Waals surface area contributed by atoms with E-state index in [1.807, 2.05) is 25.1 Å². The summed E-state index contributed by atoms with van der Waals surface area (Å²) >= 11 is 0. The van der Waals surface area contributed by atoms with Crippen molar-refractivity contribution < 1.29 is 4.79 Å². The van der Waals surface area contributed by atoms with Crippen molar-refractivity contribution >= 4 is 11.6 Å². The van der Waals surface area contributed by atoms with Crippen LogP contribution in [0.25, 0.3) is 0 Å². The molecule has 1 aliphatic rings. The summed E-state index contributed by atoms with van der Waals surface area (Å²) in [7, 11) is 0. The number of rotatable bonds is 2. The molecule has 1 aromatic heterocycles. The number of nitrogens with one attached hydrogen (secondary N) is 2. The molecule has 4 heteroatoms. The van der Waals surface area contributed by atoms with Gasteiger partial charge in [0.15, 0.2) is 0 Å². The molecule has 4 nitrogen and oxygen atoms in total. The number of amides is 1. The van der Waals surface area contributed by atoms with E-state index in [0.29, 0.717) is 5.56 Å². The first-order chi connectivity index (χ1) is 9.74. The van der Waals surface area contributed by atoms with E-state index in [9.17, 15) is 4.79 Å². The van der Waals surface area contributed by atoms with Gasteiger partial charge in [-0.05, 0) is 48.7 Å². The van der Waals surface area contributed by atoms with Gasteiger partial charge in [0.1, 0.15) is 0 Å². The van der Waals surface area contributed by atoms with Gasteiger partial charge in [0.05, 0.1) is 5.56 Å². The average molecular weight is 267 g/mol. The number of benzene rings is 1. The number of carbonyl (C=O) groups is 1. The smallest absolute Gasteiger partial charge is 0.257 e. The summed E-state index contributed by atoms with van der Waals surface area (Å²) in [6.07, 6.45) is 4.28. The summed E-state index contributed by atoms with van der Waals surface area (Å²) < 4.78 is 0. The lowest BCUT2D eigenvalue weighted by Crippen LogP contribution is -2.25. The molecule has 102 valence electrons. The Morgan fingerprint density at radius 2 is 2.25 bits per heavy atom. The van der Waals surface area contributed by atoms with Crippen LogP contribution in [0.2, 0.25) is 0 Å². The van der Waals surface area contributed by atoms with E-state index in [4.69, 9.17) is 0 Å². The van der Waals surface area contributed by atoms with E-state index < -0.39 is 0 Å². The Bertz CT molecular complexity index is 652. The zero-order chi connectivity index (χ0) is 13.9. The van der Waals surface area contributed by atoms with Gasteiger partial charge in [0, 0.05) is 24.6 Å². The van der Waals surface area contributed by atoms with Gasteiger partial charge >= 0.3 is 0 Å². The predicted molar refractivity (Wildman–Crippen MR) is 78.8 cm³/mol. The second-order valence-electron chi connectivity index (χ2n) is 5.08. The van der Waals surface area contributed by atoms with E-state index in [1.165, 1.54) is 11.1 Å². The van der Waals surface area contributed by atoms with Crippen molar-refractivity contribution in [2.75, 3.05) is 11.9 Å². The molecule has 0 fully saturated rings. The van der Waals surface area contributed by atoms with Crippen molar-refractivity contribution in [3.8, 4) is 0 Å². The standard InChI is InChI=1S/C16H17N3O/c1-11-7-13(10-18-8-11)16(20)19-15-4-2-3-12-9-17-6-5-14(12)15/h2-4,7-8,10,17H,5-6,9H2,1H3,(H,19,20). The normalized spacial score (nSPS) is 13.7. The van der Waals surface area contributed by atoms with Gasteiger partial charge in [-0.15, -0.1) is 0 Å². The van der Waals surface area contributed by atoms with Gasteiger partial charge in [-0.3, -0.25) is 9.78 Å². The van der Waals surface area contributed by atoms with Crippen molar-refractivity contribution in [2.24, 2.45) is 0 Å². The highest BCUT2D eigenvalue weighted by Gasteiger charge is 2.14. The summed E-state index contributed by atoms with van der Waals surface area (Å²) in [6, 6.07) is 7.89. The molecule has 0 spiro atoms. The van der Waals surface area contributed by atoms with Crippen LogP contribution in [0, 0.1) is 6.92 Å². The molecule has 2 heterocycles. The first kappa shape index (κ1) is 12.8. The number of nitrogens with zero attached hydrogens (tertiary/aromatic N) is 1. The maximum atomic E-state index is 12.3. The van der Waals surface area contributed by atoms with Gasteiger partial charge in [-0.2, -0.15) is 0 Å². The Balaban J connectivity index is 1.86. The fourth-order valence-electron chi connectivity index (χ4n) is 2.52. The number of aromatic nitrogens is 1. The lowest BCUT2D eigenvalue weighted by atomic mass is 9.99. The third-order valence-corrected chi connectivity index (χ3v) is 3.53. The van der Waals surface area contributed by atoms with Gasteiger partial charge in [-0.1, -0.05) is 12.1 Å². The topological polar surface area (TPSA) is 54.0 Å². The molecule has 0 saturated carbocycles. The Morgan fingerprint density at radius 3 is 3.10 bits per heavy atom. The summed E-state index contributed by atoms with van der Waals surface area (Å²) in [5.74, 6) is -0.104. The highest BCUT2D eigenvalue weighted by atomic mass is 16.1. The third kappa shape index (κ3) is 2.56. The van der Waals surface area contributed by atoms with Crippen LogP contribution in [0.4, 0.5) is 5.69 Å². The number of hydrogen-bond donors (Lipinski definition) is 2. The summed E-state index contributed by atoms with van der Waals surface area (Å²) in [6.45, 7) is 3.75. The van der Waals surface area contributed by atoms with Gasteiger partial charge in [-0.25, -0.2) is 0 Å². The Labute approximate surface area is 118 Å². The molecule has 1 amide bonds. The van der Waals surface area contributed by atoms with Crippen LogP contribution >= 0.6 is 0 Å². The van der Waals surface area contributed by atoms with Crippen LogP contribution in [0.5, 0.6) is 0 Å². The van der Waals surface area contributed by atoms with Crippen LogP contribution in [0.1, 0.15) is 27.0 Å². The molecule has 20 heavy (non-hydrogen) atoms. The number of carbonyl (C=O) groups excluding carboxylic acids is 1. The number of anilines is 1. The quantitative estimate of drug-likeness (QED) is 0.877. The minimum absolute atomic E-state index is 0.104. The van der Waals surface area contributed by atoms with Gasteiger partial charge < -0.3 is 10.6 Å². The second-order valence-corrected chi connectivity index (χ2v) is 5.08. The molecule has 3 rings (SSSR count). The number of fused-ring (bicyclic) bond motifs is 1. The highest BCUT2D eigenvalue weighted by molar-refractivity contribution is 6.04. The number of hydrogen-bond acceptors (Lipinski definition) is 3. The van der Waals surface area contributed by atoms with Crippen molar-refractivity contribution in [3.05, 3.63) is 58.9 Å². The minimum Gasteiger partial charge on any atom is -0.322 e. The van der Waals surface area contributed by atoms with Crippen molar-refractivity contribution in [3.63, 3.8) is 0 Å². The van der Waals surface area contributed by atoms with Gasteiger partial charge in [0.25, 0.3) is 5.91 Å². The molecule has 0 atom stereocenters.